The van der Waals surface area contributed by atoms with E-state index in [-0.39, 0.29) is 12.1 Å². The topological polar surface area (TPSA) is 43.4 Å². The molecule has 0 fully saturated rings. The van der Waals surface area contributed by atoms with E-state index in [1.807, 2.05) is 36.5 Å². The van der Waals surface area contributed by atoms with E-state index in [2.05, 4.69) is 30.2 Å². The highest BCUT2D eigenvalue weighted by atomic mass is 16.7. The van der Waals surface area contributed by atoms with Gasteiger partial charge in [-0.05, 0) is 43.7 Å². The van der Waals surface area contributed by atoms with Crippen LogP contribution in [0.4, 0.5) is 0 Å². The van der Waals surface area contributed by atoms with Crippen LogP contribution in [0.2, 0.25) is 0 Å². The Morgan fingerprint density at radius 2 is 1.90 bits per heavy atom. The molecule has 3 rings (SSSR count). The lowest BCUT2D eigenvalue weighted by molar-refractivity contribution is 0.174. The molecule has 1 aliphatic rings. The van der Waals surface area contributed by atoms with Crippen LogP contribution >= 0.6 is 0 Å². The van der Waals surface area contributed by atoms with E-state index in [9.17, 15) is 0 Å². The van der Waals surface area contributed by atoms with E-state index >= 15 is 0 Å². The second-order valence-electron chi connectivity index (χ2n) is 4.98. The molecule has 104 valence electrons. The van der Waals surface area contributed by atoms with E-state index in [4.69, 9.17) is 9.47 Å². The van der Waals surface area contributed by atoms with Gasteiger partial charge in [-0.3, -0.25) is 4.98 Å². The van der Waals surface area contributed by atoms with Crippen LogP contribution in [0.5, 0.6) is 11.5 Å². The van der Waals surface area contributed by atoms with Gasteiger partial charge in [-0.2, -0.15) is 0 Å². The van der Waals surface area contributed by atoms with Gasteiger partial charge >= 0.3 is 0 Å². The highest BCUT2D eigenvalue weighted by Crippen LogP contribution is 2.34. The fourth-order valence-electron chi connectivity index (χ4n) is 2.37. The molecule has 0 saturated carbocycles. The maximum absolute atomic E-state index is 5.42. The zero-order valence-electron chi connectivity index (χ0n) is 11.7. The predicted octanol–water partition coefficient (Wildman–Crippen LogP) is 3.22. The van der Waals surface area contributed by atoms with Crippen LogP contribution in [-0.4, -0.2) is 11.8 Å². The highest BCUT2D eigenvalue weighted by Gasteiger charge is 2.17. The summed E-state index contributed by atoms with van der Waals surface area (Å²) in [5.41, 5.74) is 2.22. The molecule has 0 saturated heterocycles. The minimum atomic E-state index is 0.191. The third-order valence-corrected chi connectivity index (χ3v) is 3.53. The average molecular weight is 270 g/mol. The summed E-state index contributed by atoms with van der Waals surface area (Å²) in [4.78, 5) is 4.38. The molecule has 1 aromatic heterocycles. The highest BCUT2D eigenvalue weighted by molar-refractivity contribution is 5.45. The van der Waals surface area contributed by atoms with Crippen molar-refractivity contribution in [3.8, 4) is 11.5 Å². The lowest BCUT2D eigenvalue weighted by atomic mass is 10.1. The monoisotopic (exact) mass is 270 g/mol. The molecule has 1 aliphatic heterocycles. The van der Waals surface area contributed by atoms with E-state index in [0.717, 1.165) is 17.2 Å². The fraction of sp³-hybridized carbons (Fsp3) is 0.312. The number of ether oxygens (including phenoxy) is 2. The molecule has 0 bridgehead atoms. The van der Waals surface area contributed by atoms with Crippen LogP contribution in [-0.2, 0) is 0 Å². The second-order valence-corrected chi connectivity index (χ2v) is 4.98. The molecule has 0 spiro atoms. The molecule has 1 aromatic carbocycles. The van der Waals surface area contributed by atoms with Gasteiger partial charge in [-0.1, -0.05) is 12.1 Å². The Kier molecular flexibility index (Phi) is 3.56. The second kappa shape index (κ2) is 5.51. The largest absolute Gasteiger partial charge is 0.454 e. The van der Waals surface area contributed by atoms with Crippen LogP contribution in [0.3, 0.4) is 0 Å². The van der Waals surface area contributed by atoms with Gasteiger partial charge in [0.15, 0.2) is 11.5 Å². The molecule has 2 atom stereocenters. The van der Waals surface area contributed by atoms with Crippen LogP contribution in [0.25, 0.3) is 0 Å². The van der Waals surface area contributed by atoms with Crippen molar-refractivity contribution in [3.05, 3.63) is 53.9 Å². The Balaban J connectivity index is 1.71. The van der Waals surface area contributed by atoms with Crippen molar-refractivity contribution in [1.82, 2.24) is 10.3 Å². The maximum atomic E-state index is 5.42. The van der Waals surface area contributed by atoms with Gasteiger partial charge in [0.05, 0.1) is 5.69 Å². The molecule has 4 heteroatoms. The zero-order valence-corrected chi connectivity index (χ0v) is 11.7. The molecular formula is C16H18N2O2. The number of aromatic nitrogens is 1. The van der Waals surface area contributed by atoms with Crippen LogP contribution in [0.15, 0.2) is 42.6 Å². The zero-order chi connectivity index (χ0) is 13.9. The van der Waals surface area contributed by atoms with Crippen molar-refractivity contribution < 1.29 is 9.47 Å². The minimum absolute atomic E-state index is 0.191. The SMILES string of the molecule is CC(NC(C)c1ccccn1)c1ccc2c(c1)OCO2. The quantitative estimate of drug-likeness (QED) is 0.926. The van der Waals surface area contributed by atoms with E-state index in [1.165, 1.54) is 5.56 Å². The first-order chi connectivity index (χ1) is 9.74. The normalized spacial score (nSPS) is 15.9. The Morgan fingerprint density at radius 3 is 2.70 bits per heavy atom. The lowest BCUT2D eigenvalue weighted by Gasteiger charge is -2.20. The average Bonchev–Trinajstić information content (AvgIpc) is 2.95. The molecule has 0 aliphatic carbocycles. The van der Waals surface area contributed by atoms with Crippen molar-refractivity contribution in [3.63, 3.8) is 0 Å². The van der Waals surface area contributed by atoms with E-state index < -0.39 is 0 Å². The summed E-state index contributed by atoms with van der Waals surface area (Å²) in [7, 11) is 0. The third kappa shape index (κ3) is 2.60. The number of nitrogens with one attached hydrogen (secondary N) is 1. The molecule has 0 amide bonds. The van der Waals surface area contributed by atoms with Gasteiger partial charge in [0.1, 0.15) is 0 Å². The third-order valence-electron chi connectivity index (χ3n) is 3.53. The number of pyridine rings is 1. The predicted molar refractivity (Wildman–Crippen MR) is 76.8 cm³/mol. The van der Waals surface area contributed by atoms with Gasteiger partial charge in [0, 0.05) is 18.3 Å². The van der Waals surface area contributed by atoms with Crippen LogP contribution in [0.1, 0.15) is 37.2 Å². The minimum Gasteiger partial charge on any atom is -0.454 e. The molecular weight excluding hydrogens is 252 g/mol. The summed E-state index contributed by atoms with van der Waals surface area (Å²) >= 11 is 0. The molecule has 0 radical (unpaired) electrons. The van der Waals surface area contributed by atoms with Gasteiger partial charge in [0.25, 0.3) is 0 Å². The summed E-state index contributed by atoms with van der Waals surface area (Å²) < 4.78 is 10.7. The van der Waals surface area contributed by atoms with Crippen molar-refractivity contribution >= 4 is 0 Å². The number of hydrogen-bond donors (Lipinski definition) is 1. The van der Waals surface area contributed by atoms with Crippen molar-refractivity contribution in [2.75, 3.05) is 6.79 Å². The molecule has 4 nitrogen and oxygen atoms in total. The number of fused-ring (bicyclic) bond motifs is 1. The number of rotatable bonds is 4. The van der Waals surface area contributed by atoms with Crippen LogP contribution < -0.4 is 14.8 Å². The summed E-state index contributed by atoms with van der Waals surface area (Å²) in [5.74, 6) is 1.64. The first-order valence-corrected chi connectivity index (χ1v) is 6.80. The Morgan fingerprint density at radius 1 is 1.05 bits per heavy atom. The number of benzene rings is 1. The van der Waals surface area contributed by atoms with Gasteiger partial charge in [-0.15, -0.1) is 0 Å². The van der Waals surface area contributed by atoms with Crippen LogP contribution in [0, 0.1) is 0 Å². The first kappa shape index (κ1) is 12.9. The van der Waals surface area contributed by atoms with E-state index in [1.54, 1.807) is 0 Å². The maximum Gasteiger partial charge on any atom is 0.231 e. The molecule has 2 unspecified atom stereocenters. The Labute approximate surface area is 118 Å². The van der Waals surface area contributed by atoms with Crippen molar-refractivity contribution in [2.24, 2.45) is 0 Å². The molecule has 1 N–H and O–H groups in total. The van der Waals surface area contributed by atoms with Crippen molar-refractivity contribution in [2.45, 2.75) is 25.9 Å². The number of nitrogens with zero attached hydrogens (tertiary/aromatic N) is 1. The summed E-state index contributed by atoms with van der Waals surface area (Å²) in [6.45, 7) is 4.56. The Hall–Kier alpha value is -2.07. The molecule has 20 heavy (non-hydrogen) atoms. The lowest BCUT2D eigenvalue weighted by Crippen LogP contribution is -2.23. The first-order valence-electron chi connectivity index (χ1n) is 6.80. The van der Waals surface area contributed by atoms with Gasteiger partial charge in [0.2, 0.25) is 6.79 Å². The Bertz CT molecular complexity index is 586. The van der Waals surface area contributed by atoms with Crippen molar-refractivity contribution in [1.29, 1.82) is 0 Å². The number of hydrogen-bond acceptors (Lipinski definition) is 4. The summed E-state index contributed by atoms with van der Waals surface area (Å²) in [6.07, 6.45) is 1.82. The van der Waals surface area contributed by atoms with Gasteiger partial charge in [-0.25, -0.2) is 0 Å². The summed E-state index contributed by atoms with van der Waals surface area (Å²) in [6, 6.07) is 12.4. The molecule has 2 aromatic rings. The fourth-order valence-corrected chi connectivity index (χ4v) is 2.37. The standard InChI is InChI=1S/C16H18N2O2/c1-11(18-12(2)14-5-3-4-8-17-14)13-6-7-15-16(9-13)20-10-19-15/h3-9,11-12,18H,10H2,1-2H3. The summed E-state index contributed by atoms with van der Waals surface area (Å²) in [5, 5.41) is 3.54. The molecule has 2 heterocycles. The van der Waals surface area contributed by atoms with E-state index in [0.29, 0.717) is 6.79 Å². The smallest absolute Gasteiger partial charge is 0.231 e. The van der Waals surface area contributed by atoms with Gasteiger partial charge < -0.3 is 14.8 Å².